The van der Waals surface area contributed by atoms with Gasteiger partial charge in [0, 0.05) is 5.69 Å². The van der Waals surface area contributed by atoms with Gasteiger partial charge in [-0.2, -0.15) is 0 Å². The van der Waals surface area contributed by atoms with Gasteiger partial charge in [-0.15, -0.1) is 0 Å². The molecule has 1 aliphatic rings. The minimum atomic E-state index is -0.108. The zero-order valence-electron chi connectivity index (χ0n) is 10.8. The van der Waals surface area contributed by atoms with Gasteiger partial charge in [0.15, 0.2) is 5.84 Å². The molecule has 0 saturated carbocycles. The molecule has 0 amide bonds. The fraction of sp³-hybridized carbons (Fsp3) is 0.500. The smallest absolute Gasteiger partial charge is 0.161 e. The molecule has 0 aliphatic heterocycles. The lowest BCUT2D eigenvalue weighted by molar-refractivity contribution is 0.316. The van der Waals surface area contributed by atoms with Gasteiger partial charge in [0.1, 0.15) is 0 Å². The number of amidine groups is 1. The Labute approximate surface area is 108 Å². The van der Waals surface area contributed by atoms with E-state index in [0.29, 0.717) is 0 Å². The Morgan fingerprint density at radius 1 is 1.44 bits per heavy atom. The molecule has 1 unspecified atom stereocenters. The number of nitrogens with one attached hydrogen (secondary N) is 1. The zero-order chi connectivity index (χ0) is 13.0. The number of nitrogens with zero attached hydrogens (tertiary/aromatic N) is 1. The lowest BCUT2D eigenvalue weighted by Gasteiger charge is -2.23. The van der Waals surface area contributed by atoms with Crippen LogP contribution in [-0.4, -0.2) is 17.1 Å². The minimum Gasteiger partial charge on any atom is -0.409 e. The summed E-state index contributed by atoms with van der Waals surface area (Å²) in [5.74, 6) is 0.242. The molecule has 0 bridgehead atoms. The summed E-state index contributed by atoms with van der Waals surface area (Å²) in [4.78, 5) is 0. The SMILES string of the molecule is CCC(Nc1cccc2c1CCCC2)C(N)=NO. The first-order valence-corrected chi connectivity index (χ1v) is 6.61. The summed E-state index contributed by atoms with van der Waals surface area (Å²) in [5, 5.41) is 15.3. The second-order valence-electron chi connectivity index (χ2n) is 4.78. The van der Waals surface area contributed by atoms with Crippen LogP contribution in [0.2, 0.25) is 0 Å². The topological polar surface area (TPSA) is 70.6 Å². The predicted octanol–water partition coefficient (Wildman–Crippen LogP) is 2.50. The summed E-state index contributed by atoms with van der Waals surface area (Å²) >= 11 is 0. The van der Waals surface area contributed by atoms with Crippen molar-refractivity contribution in [2.75, 3.05) is 5.32 Å². The molecular weight excluding hydrogens is 226 g/mol. The maximum absolute atomic E-state index is 8.78. The molecule has 18 heavy (non-hydrogen) atoms. The summed E-state index contributed by atoms with van der Waals surface area (Å²) in [5.41, 5.74) is 9.65. The van der Waals surface area contributed by atoms with Gasteiger partial charge in [-0.1, -0.05) is 24.2 Å². The van der Waals surface area contributed by atoms with Gasteiger partial charge in [0.25, 0.3) is 0 Å². The number of rotatable bonds is 4. The fourth-order valence-electron chi connectivity index (χ4n) is 2.56. The first-order chi connectivity index (χ1) is 8.76. The van der Waals surface area contributed by atoms with Crippen molar-refractivity contribution < 1.29 is 5.21 Å². The second kappa shape index (κ2) is 5.76. The molecule has 0 heterocycles. The van der Waals surface area contributed by atoms with Crippen LogP contribution in [0.15, 0.2) is 23.4 Å². The van der Waals surface area contributed by atoms with Crippen molar-refractivity contribution in [1.29, 1.82) is 0 Å². The van der Waals surface area contributed by atoms with E-state index in [4.69, 9.17) is 10.9 Å². The van der Waals surface area contributed by atoms with Gasteiger partial charge in [-0.3, -0.25) is 0 Å². The number of anilines is 1. The highest BCUT2D eigenvalue weighted by molar-refractivity contribution is 5.88. The maximum atomic E-state index is 8.78. The highest BCUT2D eigenvalue weighted by atomic mass is 16.4. The number of nitrogens with two attached hydrogens (primary N) is 1. The number of aryl methyl sites for hydroxylation is 1. The van der Waals surface area contributed by atoms with Crippen LogP contribution in [-0.2, 0) is 12.8 Å². The third-order valence-electron chi connectivity index (χ3n) is 3.61. The Kier molecular flexibility index (Phi) is 4.07. The standard InChI is InChI=1S/C14H21N3O/c1-2-12(14(15)17-18)16-13-9-5-7-10-6-3-4-8-11(10)13/h5,7,9,12,16,18H,2-4,6,8H2,1H3,(H2,15,17). The molecule has 0 aromatic heterocycles. The molecule has 4 nitrogen and oxygen atoms in total. The van der Waals surface area contributed by atoms with Gasteiger partial charge in [0.2, 0.25) is 0 Å². The number of hydrogen-bond acceptors (Lipinski definition) is 3. The number of hydrogen-bond donors (Lipinski definition) is 3. The van der Waals surface area contributed by atoms with Gasteiger partial charge in [0.05, 0.1) is 6.04 Å². The highest BCUT2D eigenvalue weighted by Crippen LogP contribution is 2.28. The van der Waals surface area contributed by atoms with Crippen LogP contribution in [0.5, 0.6) is 0 Å². The van der Waals surface area contributed by atoms with Crippen LogP contribution >= 0.6 is 0 Å². The van der Waals surface area contributed by atoms with Crippen molar-refractivity contribution >= 4 is 11.5 Å². The molecule has 4 N–H and O–H groups in total. The summed E-state index contributed by atoms with van der Waals surface area (Å²) in [6.07, 6.45) is 5.58. The summed E-state index contributed by atoms with van der Waals surface area (Å²) < 4.78 is 0. The van der Waals surface area contributed by atoms with Crippen molar-refractivity contribution in [3.63, 3.8) is 0 Å². The predicted molar refractivity (Wildman–Crippen MR) is 74.2 cm³/mol. The minimum absolute atomic E-state index is 0.108. The average Bonchev–Trinajstić information content (AvgIpc) is 2.44. The van der Waals surface area contributed by atoms with E-state index in [1.165, 1.54) is 24.0 Å². The van der Waals surface area contributed by atoms with Gasteiger partial charge < -0.3 is 16.3 Å². The molecule has 0 spiro atoms. The van der Waals surface area contributed by atoms with E-state index in [0.717, 1.165) is 24.9 Å². The molecule has 1 aromatic rings. The number of fused-ring (bicyclic) bond motifs is 1. The lowest BCUT2D eigenvalue weighted by Crippen LogP contribution is -2.35. The summed E-state index contributed by atoms with van der Waals surface area (Å²) in [7, 11) is 0. The molecule has 1 aromatic carbocycles. The van der Waals surface area contributed by atoms with Crippen molar-refractivity contribution in [2.45, 2.75) is 45.1 Å². The van der Waals surface area contributed by atoms with E-state index in [1.54, 1.807) is 0 Å². The van der Waals surface area contributed by atoms with Crippen LogP contribution < -0.4 is 11.1 Å². The van der Waals surface area contributed by atoms with Gasteiger partial charge >= 0.3 is 0 Å². The van der Waals surface area contributed by atoms with Crippen LogP contribution in [0.1, 0.15) is 37.3 Å². The van der Waals surface area contributed by atoms with Crippen LogP contribution in [0.25, 0.3) is 0 Å². The van der Waals surface area contributed by atoms with Crippen molar-refractivity contribution in [1.82, 2.24) is 0 Å². The molecule has 98 valence electrons. The van der Waals surface area contributed by atoms with E-state index < -0.39 is 0 Å². The Morgan fingerprint density at radius 3 is 2.94 bits per heavy atom. The molecule has 1 atom stereocenters. The quantitative estimate of drug-likeness (QED) is 0.331. The molecule has 4 heteroatoms. The second-order valence-corrected chi connectivity index (χ2v) is 4.78. The lowest BCUT2D eigenvalue weighted by atomic mass is 9.90. The van der Waals surface area contributed by atoms with Crippen molar-refractivity contribution in [3.05, 3.63) is 29.3 Å². The van der Waals surface area contributed by atoms with Gasteiger partial charge in [-0.25, -0.2) is 0 Å². The number of benzene rings is 1. The monoisotopic (exact) mass is 247 g/mol. The van der Waals surface area contributed by atoms with Gasteiger partial charge in [-0.05, 0) is 49.3 Å². The van der Waals surface area contributed by atoms with Crippen LogP contribution in [0, 0.1) is 0 Å². The number of oxime groups is 1. The Bertz CT molecular complexity index is 443. The zero-order valence-corrected chi connectivity index (χ0v) is 10.8. The Hall–Kier alpha value is -1.71. The van der Waals surface area contributed by atoms with E-state index in [2.05, 4.69) is 28.7 Å². The third kappa shape index (κ3) is 2.58. The van der Waals surface area contributed by atoms with Crippen LogP contribution in [0.3, 0.4) is 0 Å². The normalized spacial score (nSPS) is 17.1. The molecule has 0 saturated heterocycles. The first kappa shape index (κ1) is 12.7. The van der Waals surface area contributed by atoms with E-state index >= 15 is 0 Å². The Morgan fingerprint density at radius 2 is 2.22 bits per heavy atom. The average molecular weight is 247 g/mol. The Balaban J connectivity index is 2.23. The van der Waals surface area contributed by atoms with Crippen LogP contribution in [0.4, 0.5) is 5.69 Å². The molecule has 1 aliphatic carbocycles. The third-order valence-corrected chi connectivity index (χ3v) is 3.61. The molecule has 0 fully saturated rings. The molecule has 2 rings (SSSR count). The van der Waals surface area contributed by atoms with E-state index in [-0.39, 0.29) is 11.9 Å². The summed E-state index contributed by atoms with van der Waals surface area (Å²) in [6.45, 7) is 2.02. The largest absolute Gasteiger partial charge is 0.409 e. The van der Waals surface area contributed by atoms with E-state index in [9.17, 15) is 0 Å². The van der Waals surface area contributed by atoms with Crippen molar-refractivity contribution in [2.24, 2.45) is 10.9 Å². The first-order valence-electron chi connectivity index (χ1n) is 6.61. The van der Waals surface area contributed by atoms with Crippen molar-refractivity contribution in [3.8, 4) is 0 Å². The molecule has 0 radical (unpaired) electrons. The maximum Gasteiger partial charge on any atom is 0.161 e. The molecular formula is C14H21N3O. The fourth-order valence-corrected chi connectivity index (χ4v) is 2.56. The summed E-state index contributed by atoms with van der Waals surface area (Å²) in [6, 6.07) is 6.25. The van der Waals surface area contributed by atoms with E-state index in [1.807, 2.05) is 6.92 Å². The highest BCUT2D eigenvalue weighted by Gasteiger charge is 2.16.